The predicted octanol–water partition coefficient (Wildman–Crippen LogP) is 2.76. The second-order valence-electron chi connectivity index (χ2n) is 7.48. The zero-order valence-corrected chi connectivity index (χ0v) is 15.9. The van der Waals surface area contributed by atoms with Gasteiger partial charge in [0.15, 0.2) is 0 Å². The van der Waals surface area contributed by atoms with Gasteiger partial charge < -0.3 is 5.32 Å². The first-order valence-electron chi connectivity index (χ1n) is 9.56. The molecule has 6 heteroatoms. The van der Waals surface area contributed by atoms with Gasteiger partial charge in [0.1, 0.15) is 0 Å². The lowest BCUT2D eigenvalue weighted by Crippen LogP contribution is -2.40. The van der Waals surface area contributed by atoms with E-state index in [0.29, 0.717) is 23.4 Å². The Hall–Kier alpha value is -2.99. The van der Waals surface area contributed by atoms with Crippen LogP contribution in [0.3, 0.4) is 0 Å². The van der Waals surface area contributed by atoms with Crippen molar-refractivity contribution in [2.75, 3.05) is 25.5 Å². The largest absolute Gasteiger partial charge is 0.326 e. The van der Waals surface area contributed by atoms with Crippen LogP contribution in [0.15, 0.2) is 48.5 Å². The number of anilines is 1. The van der Waals surface area contributed by atoms with E-state index < -0.39 is 0 Å². The second kappa shape index (κ2) is 7.56. The fraction of sp³-hybridized carbons (Fsp3) is 0.318. The van der Waals surface area contributed by atoms with E-state index in [-0.39, 0.29) is 23.6 Å². The fourth-order valence-corrected chi connectivity index (χ4v) is 3.94. The van der Waals surface area contributed by atoms with Gasteiger partial charge in [0.05, 0.1) is 17.0 Å². The Balaban J connectivity index is 1.41. The Morgan fingerprint density at radius 3 is 2.61 bits per heavy atom. The molecule has 6 nitrogen and oxygen atoms in total. The summed E-state index contributed by atoms with van der Waals surface area (Å²) in [4.78, 5) is 40.3. The van der Waals surface area contributed by atoms with Crippen LogP contribution in [0.4, 0.5) is 5.69 Å². The maximum absolute atomic E-state index is 12.8. The molecular formula is C22H23N3O3. The zero-order valence-electron chi connectivity index (χ0n) is 15.9. The molecule has 4 rings (SSSR count). The molecule has 1 unspecified atom stereocenters. The average Bonchev–Trinajstić information content (AvgIpc) is 2.93. The molecule has 144 valence electrons. The monoisotopic (exact) mass is 377 g/mol. The maximum Gasteiger partial charge on any atom is 0.261 e. The zero-order chi connectivity index (χ0) is 19.7. The van der Waals surface area contributed by atoms with E-state index in [1.165, 1.54) is 12.6 Å². The van der Waals surface area contributed by atoms with Gasteiger partial charge in [0.25, 0.3) is 11.8 Å². The third-order valence-electron chi connectivity index (χ3n) is 5.48. The van der Waals surface area contributed by atoms with Crippen LogP contribution in [0.1, 0.15) is 39.1 Å². The number of carbonyl (C=O) groups excluding carboxylic acids is 3. The summed E-state index contributed by atoms with van der Waals surface area (Å²) < 4.78 is 0. The molecule has 0 bridgehead atoms. The minimum Gasteiger partial charge on any atom is -0.326 e. The molecule has 1 atom stereocenters. The average molecular weight is 377 g/mol. The number of fused-ring (bicyclic) bond motifs is 1. The molecule has 2 heterocycles. The predicted molar refractivity (Wildman–Crippen MR) is 106 cm³/mol. The molecule has 3 amide bonds. The molecule has 2 aromatic carbocycles. The third-order valence-corrected chi connectivity index (χ3v) is 5.48. The first kappa shape index (κ1) is 18.4. The molecule has 0 spiro atoms. The van der Waals surface area contributed by atoms with Crippen LogP contribution in [0, 0.1) is 5.92 Å². The summed E-state index contributed by atoms with van der Waals surface area (Å²) in [7, 11) is 1.46. The van der Waals surface area contributed by atoms with Gasteiger partial charge >= 0.3 is 0 Å². The highest BCUT2D eigenvalue weighted by Crippen LogP contribution is 2.26. The highest BCUT2D eigenvalue weighted by atomic mass is 16.2. The fourth-order valence-electron chi connectivity index (χ4n) is 3.94. The summed E-state index contributed by atoms with van der Waals surface area (Å²) in [5, 5.41) is 2.93. The van der Waals surface area contributed by atoms with Gasteiger partial charge in [-0.05, 0) is 43.1 Å². The first-order chi connectivity index (χ1) is 13.5. The van der Waals surface area contributed by atoms with Gasteiger partial charge in [-0.1, -0.05) is 30.3 Å². The number of nitrogens with one attached hydrogen (secondary N) is 1. The van der Waals surface area contributed by atoms with Crippen LogP contribution in [-0.4, -0.2) is 47.7 Å². The van der Waals surface area contributed by atoms with Crippen molar-refractivity contribution in [3.8, 4) is 0 Å². The summed E-state index contributed by atoms with van der Waals surface area (Å²) in [5.41, 5.74) is 2.53. The Kier molecular flexibility index (Phi) is 4.96. The number of rotatable bonds is 4. The summed E-state index contributed by atoms with van der Waals surface area (Å²) >= 11 is 0. The number of imide groups is 1. The quantitative estimate of drug-likeness (QED) is 0.832. The van der Waals surface area contributed by atoms with Crippen LogP contribution in [0.5, 0.6) is 0 Å². The standard InChI is InChI=1S/C22H23N3O3/c1-24-21(27)18-10-9-17(12-19(18)22(24)28)23-20(26)16-8-5-11-25(14-16)13-15-6-3-2-4-7-15/h2-4,6-7,9-10,12,16H,5,8,11,13-14H2,1H3,(H,23,26). The van der Waals surface area contributed by atoms with Crippen molar-refractivity contribution in [3.63, 3.8) is 0 Å². The van der Waals surface area contributed by atoms with Crippen LogP contribution in [0.25, 0.3) is 0 Å². The summed E-state index contributed by atoms with van der Waals surface area (Å²) in [6.07, 6.45) is 1.83. The van der Waals surface area contributed by atoms with E-state index in [0.717, 1.165) is 30.8 Å². The first-order valence-corrected chi connectivity index (χ1v) is 9.56. The van der Waals surface area contributed by atoms with Gasteiger partial charge in [-0.25, -0.2) is 0 Å². The SMILES string of the molecule is CN1C(=O)c2ccc(NC(=O)C3CCCN(Cc4ccccc4)C3)cc2C1=O. The van der Waals surface area contributed by atoms with Gasteiger partial charge in [0, 0.05) is 25.8 Å². The van der Waals surface area contributed by atoms with E-state index in [9.17, 15) is 14.4 Å². The summed E-state index contributed by atoms with van der Waals surface area (Å²) in [6.45, 7) is 2.54. The number of piperidine rings is 1. The van der Waals surface area contributed by atoms with Crippen molar-refractivity contribution in [1.82, 2.24) is 9.80 Å². The van der Waals surface area contributed by atoms with Crippen molar-refractivity contribution in [1.29, 1.82) is 0 Å². The van der Waals surface area contributed by atoms with E-state index in [1.54, 1.807) is 18.2 Å². The molecule has 0 radical (unpaired) electrons. The van der Waals surface area contributed by atoms with E-state index in [2.05, 4.69) is 22.3 Å². The number of amides is 3. The second-order valence-corrected chi connectivity index (χ2v) is 7.48. The van der Waals surface area contributed by atoms with Crippen LogP contribution < -0.4 is 5.32 Å². The lowest BCUT2D eigenvalue weighted by molar-refractivity contribution is -0.121. The normalized spacial score (nSPS) is 19.6. The molecule has 2 aliphatic heterocycles. The van der Waals surface area contributed by atoms with E-state index in [4.69, 9.17) is 0 Å². The molecule has 1 saturated heterocycles. The molecule has 1 N–H and O–H groups in total. The Bertz CT molecular complexity index is 926. The van der Waals surface area contributed by atoms with Crippen molar-refractivity contribution in [2.24, 2.45) is 5.92 Å². The molecule has 0 saturated carbocycles. The maximum atomic E-state index is 12.8. The summed E-state index contributed by atoms with van der Waals surface area (Å²) in [5.74, 6) is -0.766. The van der Waals surface area contributed by atoms with Crippen LogP contribution in [-0.2, 0) is 11.3 Å². The van der Waals surface area contributed by atoms with Crippen molar-refractivity contribution < 1.29 is 14.4 Å². The molecule has 0 aromatic heterocycles. The number of carbonyl (C=O) groups is 3. The number of nitrogens with zero attached hydrogens (tertiary/aromatic N) is 2. The highest BCUT2D eigenvalue weighted by Gasteiger charge is 2.33. The van der Waals surface area contributed by atoms with Gasteiger partial charge in [-0.15, -0.1) is 0 Å². The third kappa shape index (κ3) is 3.55. The molecule has 28 heavy (non-hydrogen) atoms. The van der Waals surface area contributed by atoms with Gasteiger partial charge in [-0.3, -0.25) is 24.2 Å². The topological polar surface area (TPSA) is 69.7 Å². The molecule has 2 aromatic rings. The van der Waals surface area contributed by atoms with E-state index >= 15 is 0 Å². The number of benzene rings is 2. The highest BCUT2D eigenvalue weighted by molar-refractivity contribution is 6.21. The lowest BCUT2D eigenvalue weighted by atomic mass is 9.96. The van der Waals surface area contributed by atoms with Gasteiger partial charge in [0.2, 0.25) is 5.91 Å². The number of hydrogen-bond donors (Lipinski definition) is 1. The van der Waals surface area contributed by atoms with Crippen molar-refractivity contribution in [2.45, 2.75) is 19.4 Å². The minimum absolute atomic E-state index is 0.0390. The van der Waals surface area contributed by atoms with Crippen molar-refractivity contribution >= 4 is 23.4 Å². The van der Waals surface area contributed by atoms with E-state index in [1.807, 2.05) is 18.2 Å². The number of hydrogen-bond acceptors (Lipinski definition) is 4. The Morgan fingerprint density at radius 2 is 1.82 bits per heavy atom. The molecular weight excluding hydrogens is 354 g/mol. The van der Waals surface area contributed by atoms with Crippen molar-refractivity contribution in [3.05, 3.63) is 65.2 Å². The summed E-state index contributed by atoms with van der Waals surface area (Å²) in [6, 6.07) is 15.2. The van der Waals surface area contributed by atoms with Gasteiger partial charge in [-0.2, -0.15) is 0 Å². The number of likely N-dealkylation sites (tertiary alicyclic amines) is 1. The lowest BCUT2D eigenvalue weighted by Gasteiger charge is -2.32. The smallest absolute Gasteiger partial charge is 0.261 e. The Labute approximate surface area is 164 Å². The van der Waals surface area contributed by atoms with Crippen LogP contribution >= 0.6 is 0 Å². The minimum atomic E-state index is -0.331. The molecule has 0 aliphatic carbocycles. The molecule has 1 fully saturated rings. The molecule has 2 aliphatic rings. The Morgan fingerprint density at radius 1 is 1.07 bits per heavy atom. The van der Waals surface area contributed by atoms with Crippen LogP contribution in [0.2, 0.25) is 0 Å².